The van der Waals surface area contributed by atoms with E-state index in [1.807, 2.05) is 32.7 Å². The Labute approximate surface area is 124 Å². The number of hydrogen-bond acceptors (Lipinski definition) is 3. The number of rotatable bonds is 4. The molecule has 0 spiro atoms. The average molecular weight is 284 g/mol. The molecule has 0 aromatic carbocycles. The first kappa shape index (κ1) is 17.3. The van der Waals surface area contributed by atoms with Gasteiger partial charge in [-0.3, -0.25) is 0 Å². The molecular weight excluding hydrogens is 252 g/mol. The van der Waals surface area contributed by atoms with Crippen molar-refractivity contribution in [3.05, 3.63) is 0 Å². The zero-order valence-corrected chi connectivity index (χ0v) is 13.9. The van der Waals surface area contributed by atoms with E-state index >= 15 is 0 Å². The monoisotopic (exact) mass is 284 g/mol. The second-order valence-electron chi connectivity index (χ2n) is 6.94. The van der Waals surface area contributed by atoms with Gasteiger partial charge in [0.1, 0.15) is 5.60 Å². The Morgan fingerprint density at radius 2 is 1.80 bits per heavy atom. The van der Waals surface area contributed by atoms with E-state index in [9.17, 15) is 4.79 Å². The SMILES string of the molecule is CNCC(C)N(C(=O)OC(C)(C)C)C1CCCCCC1. The van der Waals surface area contributed by atoms with Gasteiger partial charge in [0.15, 0.2) is 0 Å². The van der Waals surface area contributed by atoms with E-state index in [4.69, 9.17) is 4.74 Å². The zero-order chi connectivity index (χ0) is 15.2. The first-order chi connectivity index (χ1) is 9.35. The van der Waals surface area contributed by atoms with Crippen LogP contribution < -0.4 is 5.32 Å². The van der Waals surface area contributed by atoms with Crippen molar-refractivity contribution in [2.75, 3.05) is 13.6 Å². The number of amides is 1. The molecule has 1 aliphatic carbocycles. The topological polar surface area (TPSA) is 41.6 Å². The third-order valence-electron chi connectivity index (χ3n) is 3.80. The maximum Gasteiger partial charge on any atom is 0.410 e. The van der Waals surface area contributed by atoms with E-state index < -0.39 is 5.60 Å². The lowest BCUT2D eigenvalue weighted by molar-refractivity contribution is 0.00504. The molecule has 0 aromatic heterocycles. The third kappa shape index (κ3) is 5.70. The Morgan fingerprint density at radius 1 is 1.25 bits per heavy atom. The first-order valence-corrected chi connectivity index (χ1v) is 8.01. The van der Waals surface area contributed by atoms with Crippen LogP contribution in [0.1, 0.15) is 66.2 Å². The van der Waals surface area contributed by atoms with Crippen LogP contribution in [-0.2, 0) is 4.74 Å². The van der Waals surface area contributed by atoms with Crippen LogP contribution in [0.3, 0.4) is 0 Å². The summed E-state index contributed by atoms with van der Waals surface area (Å²) < 4.78 is 5.62. The van der Waals surface area contributed by atoms with Crippen molar-refractivity contribution in [2.45, 2.75) is 83.9 Å². The number of likely N-dealkylation sites (N-methyl/N-ethyl adjacent to an activating group) is 1. The fourth-order valence-corrected chi connectivity index (χ4v) is 2.93. The van der Waals surface area contributed by atoms with Crippen LogP contribution in [-0.4, -0.2) is 42.3 Å². The molecule has 0 aromatic rings. The fraction of sp³-hybridized carbons (Fsp3) is 0.938. The van der Waals surface area contributed by atoms with E-state index in [2.05, 4.69) is 12.2 Å². The minimum absolute atomic E-state index is 0.160. The van der Waals surface area contributed by atoms with E-state index in [0.29, 0.717) is 6.04 Å². The van der Waals surface area contributed by atoms with Gasteiger partial charge >= 0.3 is 6.09 Å². The van der Waals surface area contributed by atoms with E-state index in [0.717, 1.165) is 19.4 Å². The standard InChI is InChI=1S/C16H32N2O2/c1-13(12-17-5)18(15(19)20-16(2,3)4)14-10-8-6-7-9-11-14/h13-14,17H,6-12H2,1-5H3. The molecule has 0 saturated heterocycles. The normalized spacial score (nSPS) is 19.2. The van der Waals surface area contributed by atoms with E-state index in [1.54, 1.807) is 0 Å². The lowest BCUT2D eigenvalue weighted by atomic mass is 10.1. The Balaban J connectivity index is 2.80. The molecule has 1 fully saturated rings. The third-order valence-corrected chi connectivity index (χ3v) is 3.80. The Morgan fingerprint density at radius 3 is 2.25 bits per heavy atom. The summed E-state index contributed by atoms with van der Waals surface area (Å²) in [4.78, 5) is 14.5. The molecule has 1 aliphatic rings. The highest BCUT2D eigenvalue weighted by molar-refractivity contribution is 5.69. The van der Waals surface area contributed by atoms with Crippen LogP contribution in [0.15, 0.2) is 0 Å². The summed E-state index contributed by atoms with van der Waals surface area (Å²) in [6.07, 6.45) is 7.07. The molecule has 1 saturated carbocycles. The summed E-state index contributed by atoms with van der Waals surface area (Å²) in [6.45, 7) is 8.69. The Hall–Kier alpha value is -0.770. The van der Waals surface area contributed by atoms with Crippen LogP contribution in [0.4, 0.5) is 4.79 Å². The highest BCUT2D eigenvalue weighted by Crippen LogP contribution is 2.25. The maximum absolute atomic E-state index is 12.6. The Bertz CT molecular complexity index is 291. The maximum atomic E-state index is 12.6. The summed E-state index contributed by atoms with van der Waals surface area (Å²) >= 11 is 0. The summed E-state index contributed by atoms with van der Waals surface area (Å²) in [6, 6.07) is 0.494. The van der Waals surface area contributed by atoms with Crippen LogP contribution in [0.5, 0.6) is 0 Å². The second-order valence-corrected chi connectivity index (χ2v) is 6.94. The number of carbonyl (C=O) groups is 1. The molecule has 1 unspecified atom stereocenters. The predicted octanol–water partition coefficient (Wildman–Crippen LogP) is 3.55. The highest BCUT2D eigenvalue weighted by Gasteiger charge is 2.31. The summed E-state index contributed by atoms with van der Waals surface area (Å²) in [5, 5.41) is 3.17. The van der Waals surface area contributed by atoms with Gasteiger partial charge in [0.2, 0.25) is 0 Å². The number of ether oxygens (including phenoxy) is 1. The van der Waals surface area contributed by atoms with Crippen molar-refractivity contribution >= 4 is 6.09 Å². The van der Waals surface area contributed by atoms with Gasteiger partial charge in [0.25, 0.3) is 0 Å². The zero-order valence-electron chi connectivity index (χ0n) is 13.9. The van der Waals surface area contributed by atoms with Crippen molar-refractivity contribution < 1.29 is 9.53 Å². The quantitative estimate of drug-likeness (QED) is 0.803. The smallest absolute Gasteiger partial charge is 0.410 e. The number of hydrogen-bond donors (Lipinski definition) is 1. The molecule has 0 bridgehead atoms. The lowest BCUT2D eigenvalue weighted by Crippen LogP contribution is -2.51. The number of carbonyl (C=O) groups excluding carboxylic acids is 1. The summed E-state index contributed by atoms with van der Waals surface area (Å²) in [5.41, 5.74) is -0.431. The molecule has 1 rings (SSSR count). The molecule has 1 amide bonds. The van der Waals surface area contributed by atoms with Crippen molar-refractivity contribution in [3.63, 3.8) is 0 Å². The van der Waals surface area contributed by atoms with Gasteiger partial charge in [-0.25, -0.2) is 4.79 Å². The minimum atomic E-state index is -0.431. The number of nitrogens with one attached hydrogen (secondary N) is 1. The van der Waals surface area contributed by atoms with Gasteiger partial charge in [-0.2, -0.15) is 0 Å². The largest absolute Gasteiger partial charge is 0.444 e. The highest BCUT2D eigenvalue weighted by atomic mass is 16.6. The van der Waals surface area contributed by atoms with Crippen LogP contribution >= 0.6 is 0 Å². The lowest BCUT2D eigenvalue weighted by Gasteiger charge is -2.37. The van der Waals surface area contributed by atoms with E-state index in [-0.39, 0.29) is 12.1 Å². The van der Waals surface area contributed by atoms with Crippen molar-refractivity contribution in [2.24, 2.45) is 0 Å². The van der Waals surface area contributed by atoms with Gasteiger partial charge < -0.3 is 15.0 Å². The molecule has 0 aliphatic heterocycles. The average Bonchev–Trinajstić information content (AvgIpc) is 2.56. The second kappa shape index (κ2) is 7.87. The molecule has 4 heteroatoms. The van der Waals surface area contributed by atoms with Gasteiger partial charge in [-0.1, -0.05) is 25.7 Å². The van der Waals surface area contributed by atoms with Crippen LogP contribution in [0.2, 0.25) is 0 Å². The van der Waals surface area contributed by atoms with Gasteiger partial charge in [-0.05, 0) is 47.6 Å². The molecule has 1 N–H and O–H groups in total. The molecule has 118 valence electrons. The Kier molecular flexibility index (Phi) is 6.80. The summed E-state index contributed by atoms with van der Waals surface area (Å²) in [5.74, 6) is 0. The molecule has 1 atom stereocenters. The first-order valence-electron chi connectivity index (χ1n) is 8.01. The molecule has 20 heavy (non-hydrogen) atoms. The summed E-state index contributed by atoms with van der Waals surface area (Å²) in [7, 11) is 1.93. The molecule has 0 heterocycles. The van der Waals surface area contributed by atoms with Crippen LogP contribution in [0.25, 0.3) is 0 Å². The van der Waals surface area contributed by atoms with Crippen molar-refractivity contribution in [3.8, 4) is 0 Å². The minimum Gasteiger partial charge on any atom is -0.444 e. The van der Waals surface area contributed by atoms with Gasteiger partial charge in [0.05, 0.1) is 0 Å². The fourth-order valence-electron chi connectivity index (χ4n) is 2.93. The van der Waals surface area contributed by atoms with Gasteiger partial charge in [0, 0.05) is 18.6 Å². The predicted molar refractivity (Wildman–Crippen MR) is 83.0 cm³/mol. The van der Waals surface area contributed by atoms with Crippen molar-refractivity contribution in [1.29, 1.82) is 0 Å². The van der Waals surface area contributed by atoms with Crippen molar-refractivity contribution in [1.82, 2.24) is 10.2 Å². The van der Waals surface area contributed by atoms with E-state index in [1.165, 1.54) is 25.7 Å². The van der Waals surface area contributed by atoms with Crippen LogP contribution in [0, 0.1) is 0 Å². The molecule has 4 nitrogen and oxygen atoms in total. The molecule has 0 radical (unpaired) electrons. The van der Waals surface area contributed by atoms with Gasteiger partial charge in [-0.15, -0.1) is 0 Å². The molecular formula is C16H32N2O2. The number of nitrogens with zero attached hydrogens (tertiary/aromatic N) is 1.